The third-order valence-corrected chi connectivity index (χ3v) is 4.89. The second-order valence-corrected chi connectivity index (χ2v) is 6.28. The molecule has 0 unspecified atom stereocenters. The van der Waals surface area contributed by atoms with Crippen molar-refractivity contribution in [3.05, 3.63) is 46.0 Å². The number of rotatable bonds is 1. The SMILES string of the molecule is N#Cc1ccc(-c2nc3c(=O)n4c(nc3s2)CCCC4)cc1. The van der Waals surface area contributed by atoms with Crippen LogP contribution in [0.3, 0.4) is 0 Å². The van der Waals surface area contributed by atoms with Gasteiger partial charge in [-0.25, -0.2) is 9.97 Å². The first-order valence-electron chi connectivity index (χ1n) is 7.17. The van der Waals surface area contributed by atoms with Crippen LogP contribution in [0.25, 0.3) is 20.9 Å². The minimum Gasteiger partial charge on any atom is -0.295 e. The highest BCUT2D eigenvalue weighted by Crippen LogP contribution is 2.28. The Morgan fingerprint density at radius 2 is 2.00 bits per heavy atom. The van der Waals surface area contributed by atoms with Crippen LogP contribution in [0.15, 0.2) is 29.1 Å². The molecule has 5 nitrogen and oxygen atoms in total. The highest BCUT2D eigenvalue weighted by Gasteiger charge is 2.18. The highest BCUT2D eigenvalue weighted by molar-refractivity contribution is 7.21. The van der Waals surface area contributed by atoms with E-state index in [0.29, 0.717) is 15.9 Å². The van der Waals surface area contributed by atoms with Gasteiger partial charge in [0.05, 0.1) is 11.6 Å². The fourth-order valence-corrected chi connectivity index (χ4v) is 3.69. The first-order valence-corrected chi connectivity index (χ1v) is 7.99. The molecule has 0 bridgehead atoms. The van der Waals surface area contributed by atoms with Crippen molar-refractivity contribution in [1.82, 2.24) is 14.5 Å². The van der Waals surface area contributed by atoms with Crippen molar-refractivity contribution in [1.29, 1.82) is 5.26 Å². The monoisotopic (exact) mass is 308 g/mol. The topological polar surface area (TPSA) is 71.6 Å². The molecule has 0 radical (unpaired) electrons. The van der Waals surface area contributed by atoms with E-state index in [2.05, 4.69) is 16.0 Å². The molecule has 0 amide bonds. The van der Waals surface area contributed by atoms with E-state index in [9.17, 15) is 4.79 Å². The fourth-order valence-electron chi connectivity index (χ4n) is 2.74. The number of thiazole rings is 1. The second-order valence-electron chi connectivity index (χ2n) is 5.30. The molecule has 1 aliphatic heterocycles. The van der Waals surface area contributed by atoms with Crippen LogP contribution in [-0.2, 0) is 13.0 Å². The van der Waals surface area contributed by atoms with Gasteiger partial charge < -0.3 is 0 Å². The Hall–Kier alpha value is -2.52. The largest absolute Gasteiger partial charge is 0.295 e. The Morgan fingerprint density at radius 1 is 1.18 bits per heavy atom. The molecular weight excluding hydrogens is 296 g/mol. The Kier molecular flexibility index (Phi) is 3.01. The molecule has 0 fully saturated rings. The summed E-state index contributed by atoms with van der Waals surface area (Å²) in [6.07, 6.45) is 2.96. The summed E-state index contributed by atoms with van der Waals surface area (Å²) in [4.78, 5) is 22.4. The molecule has 1 aromatic carbocycles. The fraction of sp³-hybridized carbons (Fsp3) is 0.250. The molecule has 3 aromatic rings. The second kappa shape index (κ2) is 5.04. The zero-order valence-corrected chi connectivity index (χ0v) is 12.6. The number of hydrogen-bond acceptors (Lipinski definition) is 5. The van der Waals surface area contributed by atoms with Crippen molar-refractivity contribution in [2.45, 2.75) is 25.8 Å². The van der Waals surface area contributed by atoms with E-state index in [4.69, 9.17) is 5.26 Å². The highest BCUT2D eigenvalue weighted by atomic mass is 32.1. The van der Waals surface area contributed by atoms with Crippen molar-refractivity contribution < 1.29 is 0 Å². The molecule has 3 heterocycles. The smallest absolute Gasteiger partial charge is 0.280 e. The zero-order chi connectivity index (χ0) is 15.1. The summed E-state index contributed by atoms with van der Waals surface area (Å²) >= 11 is 1.43. The average molecular weight is 308 g/mol. The van der Waals surface area contributed by atoms with Crippen LogP contribution >= 0.6 is 11.3 Å². The molecular formula is C16H12N4OS. The van der Waals surface area contributed by atoms with Gasteiger partial charge in [0.1, 0.15) is 10.8 Å². The zero-order valence-electron chi connectivity index (χ0n) is 11.7. The van der Waals surface area contributed by atoms with Gasteiger partial charge in [-0.15, -0.1) is 0 Å². The number of fused-ring (bicyclic) bond motifs is 2. The van der Waals surface area contributed by atoms with Gasteiger partial charge in [0.2, 0.25) is 0 Å². The van der Waals surface area contributed by atoms with E-state index in [0.717, 1.165) is 42.2 Å². The summed E-state index contributed by atoms with van der Waals surface area (Å²) in [6, 6.07) is 9.32. The summed E-state index contributed by atoms with van der Waals surface area (Å²) in [7, 11) is 0. The Morgan fingerprint density at radius 3 is 2.77 bits per heavy atom. The molecule has 0 saturated heterocycles. The van der Waals surface area contributed by atoms with E-state index < -0.39 is 0 Å². The Bertz CT molecular complexity index is 963. The Balaban J connectivity index is 1.88. The predicted molar refractivity (Wildman–Crippen MR) is 84.8 cm³/mol. The van der Waals surface area contributed by atoms with Crippen LogP contribution in [0.2, 0.25) is 0 Å². The van der Waals surface area contributed by atoms with Crippen LogP contribution < -0.4 is 5.56 Å². The lowest BCUT2D eigenvalue weighted by Crippen LogP contribution is -2.28. The van der Waals surface area contributed by atoms with Gasteiger partial charge in [0.15, 0.2) is 10.3 Å². The number of benzene rings is 1. The summed E-state index contributed by atoms with van der Waals surface area (Å²) in [5, 5.41) is 9.62. The standard InChI is InChI=1S/C16H12N4OS/c17-9-10-4-6-11(7-5-10)14-19-13-15(22-14)18-12-3-1-2-8-20(12)16(13)21/h4-7H,1-3,8H2. The van der Waals surface area contributed by atoms with Crippen molar-refractivity contribution >= 4 is 21.7 Å². The minimum absolute atomic E-state index is 0.0316. The van der Waals surface area contributed by atoms with E-state index in [1.165, 1.54) is 11.3 Å². The van der Waals surface area contributed by atoms with Crippen LogP contribution in [0.1, 0.15) is 24.2 Å². The molecule has 4 rings (SSSR count). The number of hydrogen-bond donors (Lipinski definition) is 0. The normalized spacial score (nSPS) is 13.8. The molecule has 108 valence electrons. The molecule has 0 saturated carbocycles. The number of nitriles is 1. The van der Waals surface area contributed by atoms with Gasteiger partial charge in [-0.05, 0) is 25.0 Å². The third kappa shape index (κ3) is 2.02. The number of aryl methyl sites for hydroxylation is 1. The molecule has 1 aliphatic rings. The molecule has 2 aromatic heterocycles. The third-order valence-electron chi connectivity index (χ3n) is 3.89. The summed E-state index contributed by atoms with van der Waals surface area (Å²) < 4.78 is 1.76. The average Bonchev–Trinajstić information content (AvgIpc) is 2.99. The van der Waals surface area contributed by atoms with Crippen LogP contribution in [0.4, 0.5) is 0 Å². The summed E-state index contributed by atoms with van der Waals surface area (Å²) in [6.45, 7) is 0.737. The van der Waals surface area contributed by atoms with Gasteiger partial charge in [0.25, 0.3) is 5.56 Å². The molecule has 0 aliphatic carbocycles. The molecule has 22 heavy (non-hydrogen) atoms. The van der Waals surface area contributed by atoms with E-state index in [1.807, 2.05) is 12.1 Å². The molecule has 0 N–H and O–H groups in total. The molecule has 6 heteroatoms. The predicted octanol–water partition coefficient (Wildman–Crippen LogP) is 2.73. The van der Waals surface area contributed by atoms with E-state index >= 15 is 0 Å². The number of nitrogens with zero attached hydrogens (tertiary/aromatic N) is 4. The maximum atomic E-state index is 12.5. The summed E-state index contributed by atoms with van der Waals surface area (Å²) in [5.41, 5.74) is 1.94. The van der Waals surface area contributed by atoms with Crippen molar-refractivity contribution in [2.75, 3.05) is 0 Å². The lowest BCUT2D eigenvalue weighted by molar-refractivity contribution is 0.501. The lowest BCUT2D eigenvalue weighted by atomic mass is 10.1. The van der Waals surface area contributed by atoms with Crippen LogP contribution in [-0.4, -0.2) is 14.5 Å². The van der Waals surface area contributed by atoms with Gasteiger partial charge in [-0.2, -0.15) is 5.26 Å². The number of aromatic nitrogens is 3. The quantitative estimate of drug-likeness (QED) is 0.693. The maximum absolute atomic E-state index is 12.5. The maximum Gasteiger partial charge on any atom is 0.280 e. The van der Waals surface area contributed by atoms with Crippen molar-refractivity contribution in [3.8, 4) is 16.6 Å². The van der Waals surface area contributed by atoms with E-state index in [1.54, 1.807) is 16.7 Å². The van der Waals surface area contributed by atoms with Crippen molar-refractivity contribution in [3.63, 3.8) is 0 Å². The van der Waals surface area contributed by atoms with Gasteiger partial charge in [-0.3, -0.25) is 9.36 Å². The summed E-state index contributed by atoms with van der Waals surface area (Å²) in [5.74, 6) is 0.874. The van der Waals surface area contributed by atoms with Crippen LogP contribution in [0.5, 0.6) is 0 Å². The van der Waals surface area contributed by atoms with Crippen LogP contribution in [0, 0.1) is 11.3 Å². The van der Waals surface area contributed by atoms with E-state index in [-0.39, 0.29) is 5.56 Å². The van der Waals surface area contributed by atoms with Gasteiger partial charge in [-0.1, -0.05) is 23.5 Å². The van der Waals surface area contributed by atoms with Gasteiger partial charge in [0, 0.05) is 18.5 Å². The lowest BCUT2D eigenvalue weighted by Gasteiger charge is -2.16. The van der Waals surface area contributed by atoms with Gasteiger partial charge >= 0.3 is 0 Å². The van der Waals surface area contributed by atoms with Crippen molar-refractivity contribution in [2.24, 2.45) is 0 Å². The Labute approximate surface area is 130 Å². The molecule has 0 atom stereocenters. The first kappa shape index (κ1) is 13.2. The minimum atomic E-state index is -0.0316. The first-order chi connectivity index (χ1) is 10.8. The molecule has 0 spiro atoms.